The Morgan fingerprint density at radius 2 is 1.67 bits per heavy atom. The van der Waals surface area contributed by atoms with Crippen LogP contribution < -0.4 is 4.74 Å². The second-order valence-electron chi connectivity index (χ2n) is 7.90. The van der Waals surface area contributed by atoms with Crippen molar-refractivity contribution in [3.05, 3.63) is 65.6 Å². The van der Waals surface area contributed by atoms with E-state index < -0.39 is 0 Å². The van der Waals surface area contributed by atoms with Gasteiger partial charge in [-0.25, -0.2) is 0 Å². The summed E-state index contributed by atoms with van der Waals surface area (Å²) in [5.41, 5.74) is 2.66. The Hall–Kier alpha value is -3.15. The smallest absolute Gasteiger partial charge is 0.278 e. The first kappa shape index (κ1) is 20.1. The van der Waals surface area contributed by atoms with Crippen molar-refractivity contribution in [1.82, 2.24) is 14.8 Å². The van der Waals surface area contributed by atoms with E-state index in [1.165, 1.54) is 4.90 Å². The summed E-state index contributed by atoms with van der Waals surface area (Å²) in [6.45, 7) is 6.57. The van der Waals surface area contributed by atoms with Crippen LogP contribution in [0.5, 0.6) is 5.75 Å². The monoisotopic (exact) mass is 405 g/mol. The number of likely N-dealkylation sites (tertiary alicyclic amines) is 1. The molecule has 2 amide bonds. The molecule has 4 rings (SSSR count). The van der Waals surface area contributed by atoms with Gasteiger partial charge in [0.05, 0.1) is 18.7 Å². The third-order valence-corrected chi connectivity index (χ3v) is 5.79. The number of piperidine rings is 1. The van der Waals surface area contributed by atoms with Gasteiger partial charge < -0.3 is 9.64 Å². The van der Waals surface area contributed by atoms with E-state index in [4.69, 9.17) is 4.74 Å². The average molecular weight is 405 g/mol. The van der Waals surface area contributed by atoms with Crippen LogP contribution in [0.15, 0.2) is 54.5 Å². The first-order chi connectivity index (χ1) is 14.6. The summed E-state index contributed by atoms with van der Waals surface area (Å²) in [4.78, 5) is 34.3. The van der Waals surface area contributed by atoms with Crippen LogP contribution in [0, 0.1) is 5.92 Å². The molecule has 0 unspecified atom stereocenters. The van der Waals surface area contributed by atoms with Gasteiger partial charge in [-0.2, -0.15) is 0 Å². The standard InChI is InChI=1S/C24H27N3O3/c1-3-30-20-6-4-19(5-7-20)21-22(26-14-10-17(2)11-15-26)24(29)27(23(21)28)16-18-8-12-25-13-9-18/h4-9,12-13,17H,3,10-11,14-16H2,1-2H3. The minimum atomic E-state index is -0.241. The molecule has 0 spiro atoms. The van der Waals surface area contributed by atoms with Gasteiger partial charge in [-0.1, -0.05) is 19.1 Å². The summed E-state index contributed by atoms with van der Waals surface area (Å²) in [5, 5.41) is 0. The van der Waals surface area contributed by atoms with Gasteiger partial charge in [0, 0.05) is 25.5 Å². The molecule has 30 heavy (non-hydrogen) atoms. The van der Waals surface area contributed by atoms with Crippen molar-refractivity contribution < 1.29 is 14.3 Å². The molecule has 2 aromatic rings. The number of carbonyl (C=O) groups is 2. The van der Waals surface area contributed by atoms with Crippen LogP contribution in [-0.4, -0.2) is 46.3 Å². The van der Waals surface area contributed by atoms with Crippen LogP contribution in [-0.2, 0) is 16.1 Å². The highest BCUT2D eigenvalue weighted by molar-refractivity contribution is 6.35. The van der Waals surface area contributed by atoms with Gasteiger partial charge >= 0.3 is 0 Å². The number of hydrogen-bond acceptors (Lipinski definition) is 5. The van der Waals surface area contributed by atoms with Crippen molar-refractivity contribution in [2.45, 2.75) is 33.2 Å². The fourth-order valence-corrected chi connectivity index (χ4v) is 4.05. The maximum absolute atomic E-state index is 13.4. The largest absolute Gasteiger partial charge is 0.494 e. The zero-order valence-corrected chi connectivity index (χ0v) is 17.5. The first-order valence-electron chi connectivity index (χ1n) is 10.6. The number of nitrogens with zero attached hydrogens (tertiary/aromatic N) is 3. The lowest BCUT2D eigenvalue weighted by atomic mass is 9.97. The molecule has 1 aromatic heterocycles. The van der Waals surface area contributed by atoms with Crippen molar-refractivity contribution in [2.24, 2.45) is 5.92 Å². The Bertz CT molecular complexity index is 945. The van der Waals surface area contributed by atoms with Crippen molar-refractivity contribution in [1.29, 1.82) is 0 Å². The van der Waals surface area contributed by atoms with Crippen LogP contribution in [0.25, 0.3) is 5.57 Å². The highest BCUT2D eigenvalue weighted by atomic mass is 16.5. The Labute approximate surface area is 177 Å². The molecule has 156 valence electrons. The molecular formula is C24H27N3O3. The van der Waals surface area contributed by atoms with Crippen molar-refractivity contribution in [3.8, 4) is 5.75 Å². The van der Waals surface area contributed by atoms with E-state index in [-0.39, 0.29) is 18.4 Å². The lowest BCUT2D eigenvalue weighted by molar-refractivity contribution is -0.138. The Morgan fingerprint density at radius 3 is 2.30 bits per heavy atom. The summed E-state index contributed by atoms with van der Waals surface area (Å²) in [6, 6.07) is 11.1. The summed E-state index contributed by atoms with van der Waals surface area (Å²) < 4.78 is 5.53. The van der Waals surface area contributed by atoms with Gasteiger partial charge in [0.25, 0.3) is 11.8 Å². The molecular weight excluding hydrogens is 378 g/mol. The molecule has 0 saturated carbocycles. The SMILES string of the molecule is CCOc1ccc(C2=C(N3CCC(C)CC3)C(=O)N(Cc3ccncc3)C2=O)cc1. The second kappa shape index (κ2) is 8.69. The number of imide groups is 1. The molecule has 0 atom stereocenters. The van der Waals surface area contributed by atoms with Crippen LogP contribution in [0.2, 0.25) is 0 Å². The number of rotatable bonds is 6. The van der Waals surface area contributed by atoms with Gasteiger partial charge in [0.2, 0.25) is 0 Å². The topological polar surface area (TPSA) is 62.7 Å². The Balaban J connectivity index is 1.70. The summed E-state index contributed by atoms with van der Waals surface area (Å²) >= 11 is 0. The molecule has 6 nitrogen and oxygen atoms in total. The van der Waals surface area contributed by atoms with Crippen molar-refractivity contribution in [3.63, 3.8) is 0 Å². The molecule has 2 aliphatic rings. The molecule has 0 aliphatic carbocycles. The van der Waals surface area contributed by atoms with Crippen molar-refractivity contribution >= 4 is 17.4 Å². The maximum Gasteiger partial charge on any atom is 0.278 e. The normalized spacial score (nSPS) is 17.8. The molecule has 0 N–H and O–H groups in total. The van der Waals surface area contributed by atoms with Gasteiger partial charge in [-0.05, 0) is 61.1 Å². The minimum absolute atomic E-state index is 0.213. The molecule has 1 saturated heterocycles. The minimum Gasteiger partial charge on any atom is -0.494 e. The number of ether oxygens (including phenoxy) is 1. The molecule has 0 bridgehead atoms. The number of hydrogen-bond donors (Lipinski definition) is 0. The van der Waals surface area contributed by atoms with E-state index in [1.54, 1.807) is 12.4 Å². The van der Waals surface area contributed by atoms with E-state index >= 15 is 0 Å². The molecule has 0 radical (unpaired) electrons. The number of pyridine rings is 1. The third kappa shape index (κ3) is 3.95. The Kier molecular flexibility index (Phi) is 5.84. The zero-order valence-electron chi connectivity index (χ0n) is 17.5. The summed E-state index contributed by atoms with van der Waals surface area (Å²) in [7, 11) is 0. The average Bonchev–Trinajstić information content (AvgIpc) is 3.01. The second-order valence-corrected chi connectivity index (χ2v) is 7.90. The van der Waals surface area contributed by atoms with Gasteiger partial charge in [-0.15, -0.1) is 0 Å². The predicted molar refractivity (Wildman–Crippen MR) is 114 cm³/mol. The number of carbonyl (C=O) groups excluding carboxylic acids is 2. The van der Waals surface area contributed by atoms with Gasteiger partial charge in [-0.3, -0.25) is 19.5 Å². The van der Waals surface area contributed by atoms with E-state index in [0.29, 0.717) is 23.8 Å². The highest BCUT2D eigenvalue weighted by Crippen LogP contribution is 2.35. The number of aromatic nitrogens is 1. The fourth-order valence-electron chi connectivity index (χ4n) is 4.05. The van der Waals surface area contributed by atoms with Crippen molar-refractivity contribution in [2.75, 3.05) is 19.7 Å². The van der Waals surface area contributed by atoms with E-state index in [1.807, 2.05) is 43.3 Å². The van der Waals surface area contributed by atoms with Crippen LogP contribution in [0.1, 0.15) is 37.8 Å². The molecule has 2 aliphatic heterocycles. The summed E-state index contributed by atoms with van der Waals surface area (Å²) in [5.74, 6) is 0.932. The lowest BCUT2D eigenvalue weighted by Crippen LogP contribution is -2.38. The highest BCUT2D eigenvalue weighted by Gasteiger charge is 2.42. The van der Waals surface area contributed by atoms with Crippen LogP contribution >= 0.6 is 0 Å². The maximum atomic E-state index is 13.4. The lowest BCUT2D eigenvalue weighted by Gasteiger charge is -2.32. The zero-order chi connectivity index (χ0) is 21.1. The molecule has 1 aromatic carbocycles. The Morgan fingerprint density at radius 1 is 1.00 bits per heavy atom. The number of benzene rings is 1. The molecule has 6 heteroatoms. The van der Waals surface area contributed by atoms with Gasteiger partial charge in [0.15, 0.2) is 0 Å². The van der Waals surface area contributed by atoms with Crippen LogP contribution in [0.4, 0.5) is 0 Å². The van der Waals surface area contributed by atoms with E-state index in [9.17, 15) is 9.59 Å². The first-order valence-corrected chi connectivity index (χ1v) is 10.6. The fraction of sp³-hybridized carbons (Fsp3) is 0.375. The van der Waals surface area contributed by atoms with Crippen LogP contribution in [0.3, 0.4) is 0 Å². The molecule has 3 heterocycles. The van der Waals surface area contributed by atoms with E-state index in [0.717, 1.165) is 42.8 Å². The number of amides is 2. The molecule has 1 fully saturated rings. The third-order valence-electron chi connectivity index (χ3n) is 5.79. The van der Waals surface area contributed by atoms with E-state index in [2.05, 4.69) is 16.8 Å². The predicted octanol–water partition coefficient (Wildman–Crippen LogP) is 3.49. The summed E-state index contributed by atoms with van der Waals surface area (Å²) in [6.07, 6.45) is 5.39. The van der Waals surface area contributed by atoms with Gasteiger partial charge in [0.1, 0.15) is 11.4 Å². The quantitative estimate of drug-likeness (QED) is 0.689.